The zero-order valence-electron chi connectivity index (χ0n) is 16.8. The van der Waals surface area contributed by atoms with E-state index < -0.39 is 11.6 Å². The van der Waals surface area contributed by atoms with E-state index in [2.05, 4.69) is 43.2 Å². The summed E-state index contributed by atoms with van der Waals surface area (Å²) in [5.74, 6) is -1.83. The second-order valence-corrected chi connectivity index (χ2v) is 8.02. The van der Waals surface area contributed by atoms with Gasteiger partial charge < -0.3 is 5.32 Å². The predicted molar refractivity (Wildman–Crippen MR) is 112 cm³/mol. The van der Waals surface area contributed by atoms with Gasteiger partial charge in [0.05, 0.1) is 11.3 Å². The number of nitrogens with one attached hydrogen (secondary N) is 1. The number of hydrogen-bond acceptors (Lipinski definition) is 2. The van der Waals surface area contributed by atoms with Crippen LogP contribution in [0.15, 0.2) is 60.8 Å². The Hall–Kier alpha value is -3.08. The zero-order chi connectivity index (χ0) is 21.0. The van der Waals surface area contributed by atoms with Crippen LogP contribution in [-0.4, -0.2) is 10.9 Å². The average molecular weight is 394 g/mol. The summed E-state index contributed by atoms with van der Waals surface area (Å²) in [6.07, 6.45) is 2.24. The molecule has 1 amide bonds. The summed E-state index contributed by atoms with van der Waals surface area (Å²) in [6.45, 7) is 6.44. The number of anilines is 1. The number of amides is 1. The van der Waals surface area contributed by atoms with E-state index in [4.69, 9.17) is 0 Å². The fraction of sp³-hybridized carbons (Fsp3) is 0.250. The molecule has 0 aliphatic heterocycles. The first-order valence-corrected chi connectivity index (χ1v) is 9.54. The molecule has 0 spiro atoms. The van der Waals surface area contributed by atoms with Crippen LogP contribution in [0.2, 0.25) is 0 Å². The van der Waals surface area contributed by atoms with Gasteiger partial charge in [-0.25, -0.2) is 8.78 Å². The summed E-state index contributed by atoms with van der Waals surface area (Å²) in [5.41, 5.74) is 2.43. The van der Waals surface area contributed by atoms with Gasteiger partial charge >= 0.3 is 0 Å². The van der Waals surface area contributed by atoms with Crippen LogP contribution in [0.25, 0.3) is 11.3 Å². The maximum absolute atomic E-state index is 14.4. The molecule has 0 saturated carbocycles. The van der Waals surface area contributed by atoms with Crippen LogP contribution < -0.4 is 5.32 Å². The number of nitrogens with zero attached hydrogens (tertiary/aromatic N) is 1. The number of carbonyl (C=O) groups is 1. The smallest absolute Gasteiger partial charge is 0.224 e. The molecule has 0 fully saturated rings. The Morgan fingerprint density at radius 2 is 1.66 bits per heavy atom. The molecule has 5 heteroatoms. The fourth-order valence-electron chi connectivity index (χ4n) is 3.05. The van der Waals surface area contributed by atoms with Crippen molar-refractivity contribution in [2.75, 3.05) is 5.32 Å². The molecular weight excluding hydrogens is 370 g/mol. The van der Waals surface area contributed by atoms with Gasteiger partial charge in [-0.1, -0.05) is 51.1 Å². The van der Waals surface area contributed by atoms with Crippen molar-refractivity contribution in [1.82, 2.24) is 4.98 Å². The Kier molecular flexibility index (Phi) is 6.06. The summed E-state index contributed by atoms with van der Waals surface area (Å²) >= 11 is 0. The number of pyridine rings is 1. The molecule has 2 aromatic carbocycles. The monoisotopic (exact) mass is 394 g/mol. The van der Waals surface area contributed by atoms with E-state index in [1.165, 1.54) is 17.8 Å². The maximum Gasteiger partial charge on any atom is 0.224 e. The van der Waals surface area contributed by atoms with E-state index in [-0.39, 0.29) is 34.7 Å². The first kappa shape index (κ1) is 20.6. The summed E-state index contributed by atoms with van der Waals surface area (Å²) in [4.78, 5) is 16.2. The minimum Gasteiger partial charge on any atom is -0.326 e. The highest BCUT2D eigenvalue weighted by atomic mass is 19.1. The van der Waals surface area contributed by atoms with E-state index >= 15 is 0 Å². The van der Waals surface area contributed by atoms with Gasteiger partial charge in [-0.2, -0.15) is 0 Å². The normalized spacial score (nSPS) is 11.3. The van der Waals surface area contributed by atoms with E-state index in [0.29, 0.717) is 6.42 Å². The van der Waals surface area contributed by atoms with Crippen LogP contribution in [-0.2, 0) is 16.6 Å². The highest BCUT2D eigenvalue weighted by Gasteiger charge is 2.16. The molecule has 29 heavy (non-hydrogen) atoms. The Morgan fingerprint density at radius 1 is 1.00 bits per heavy atom. The number of carbonyl (C=O) groups excluding carboxylic acids is 1. The molecule has 1 aromatic heterocycles. The highest BCUT2D eigenvalue weighted by Crippen LogP contribution is 2.27. The lowest BCUT2D eigenvalue weighted by molar-refractivity contribution is -0.116. The summed E-state index contributed by atoms with van der Waals surface area (Å²) in [5, 5.41) is 2.57. The Morgan fingerprint density at radius 3 is 2.21 bits per heavy atom. The number of halogens is 2. The second-order valence-electron chi connectivity index (χ2n) is 8.02. The Labute approximate surface area is 169 Å². The van der Waals surface area contributed by atoms with Gasteiger partial charge in [-0.3, -0.25) is 9.78 Å². The molecule has 0 unspecified atom stereocenters. The third-order valence-corrected chi connectivity index (χ3v) is 4.71. The van der Waals surface area contributed by atoms with Crippen molar-refractivity contribution in [3.63, 3.8) is 0 Å². The number of aromatic nitrogens is 1. The van der Waals surface area contributed by atoms with Crippen molar-refractivity contribution >= 4 is 11.6 Å². The predicted octanol–water partition coefficient (Wildman–Crippen LogP) is 5.90. The fourth-order valence-corrected chi connectivity index (χ4v) is 3.05. The molecule has 0 radical (unpaired) electrons. The summed E-state index contributed by atoms with van der Waals surface area (Å²) in [7, 11) is 0. The highest BCUT2D eigenvalue weighted by molar-refractivity contribution is 5.91. The molecule has 0 aliphatic carbocycles. The van der Waals surface area contributed by atoms with Crippen molar-refractivity contribution in [2.45, 2.75) is 39.0 Å². The molecule has 0 aliphatic rings. The van der Waals surface area contributed by atoms with Gasteiger partial charge in [-0.05, 0) is 47.2 Å². The van der Waals surface area contributed by atoms with Crippen LogP contribution in [0, 0.1) is 11.6 Å². The molecule has 150 valence electrons. The van der Waals surface area contributed by atoms with Crippen molar-refractivity contribution in [1.29, 1.82) is 0 Å². The van der Waals surface area contributed by atoms with Gasteiger partial charge in [0.15, 0.2) is 0 Å². The largest absolute Gasteiger partial charge is 0.326 e. The number of hydrogen-bond donors (Lipinski definition) is 1. The van der Waals surface area contributed by atoms with Crippen LogP contribution in [0.4, 0.5) is 14.5 Å². The van der Waals surface area contributed by atoms with Crippen LogP contribution in [0.5, 0.6) is 0 Å². The first-order chi connectivity index (χ1) is 13.7. The number of rotatable bonds is 5. The van der Waals surface area contributed by atoms with Crippen molar-refractivity contribution in [3.8, 4) is 11.3 Å². The topological polar surface area (TPSA) is 42.0 Å². The summed E-state index contributed by atoms with van der Waals surface area (Å²) in [6, 6.07) is 15.2. The zero-order valence-corrected chi connectivity index (χ0v) is 16.8. The Balaban J connectivity index is 1.64. The molecule has 0 atom stereocenters. The van der Waals surface area contributed by atoms with Crippen LogP contribution in [0.3, 0.4) is 0 Å². The minimum absolute atomic E-state index is 0.0749. The maximum atomic E-state index is 14.4. The molecule has 3 aromatic rings. The number of benzene rings is 2. The van der Waals surface area contributed by atoms with E-state index in [9.17, 15) is 13.6 Å². The summed E-state index contributed by atoms with van der Waals surface area (Å²) < 4.78 is 28.8. The second kappa shape index (κ2) is 8.52. The lowest BCUT2D eigenvalue weighted by Crippen LogP contribution is -2.13. The van der Waals surface area contributed by atoms with E-state index in [0.717, 1.165) is 17.7 Å². The SMILES string of the molecule is CC(C)(C)c1ccc(CCC(=O)Nc2cc(F)c(-c3ccccn3)c(F)c2)cc1. The third-order valence-electron chi connectivity index (χ3n) is 4.71. The average Bonchev–Trinajstić information content (AvgIpc) is 2.66. The first-order valence-electron chi connectivity index (χ1n) is 9.54. The van der Waals surface area contributed by atoms with Gasteiger partial charge in [0, 0.05) is 18.3 Å². The van der Waals surface area contributed by atoms with Gasteiger partial charge in [-0.15, -0.1) is 0 Å². The molecule has 0 bridgehead atoms. The minimum atomic E-state index is -0.767. The third kappa shape index (κ3) is 5.25. The van der Waals surface area contributed by atoms with Gasteiger partial charge in [0.2, 0.25) is 5.91 Å². The van der Waals surface area contributed by atoms with Crippen LogP contribution >= 0.6 is 0 Å². The molecule has 3 rings (SSSR count). The Bertz CT molecular complexity index is 971. The lowest BCUT2D eigenvalue weighted by Gasteiger charge is -2.19. The number of aryl methyl sites for hydroxylation is 1. The molecule has 1 N–H and O–H groups in total. The van der Waals surface area contributed by atoms with Crippen molar-refractivity contribution in [3.05, 3.63) is 83.6 Å². The quantitative estimate of drug-likeness (QED) is 0.586. The standard InChI is InChI=1S/C24H24F2N2O/c1-24(2,3)17-10-7-16(8-11-17)9-12-22(29)28-18-14-19(25)23(20(26)15-18)21-6-4-5-13-27-21/h4-8,10-11,13-15H,9,12H2,1-3H3,(H,28,29). The van der Waals surface area contributed by atoms with Crippen molar-refractivity contribution < 1.29 is 13.6 Å². The lowest BCUT2D eigenvalue weighted by atomic mass is 9.86. The van der Waals surface area contributed by atoms with E-state index in [1.54, 1.807) is 12.1 Å². The molecule has 3 nitrogen and oxygen atoms in total. The van der Waals surface area contributed by atoms with Gasteiger partial charge in [0.1, 0.15) is 11.6 Å². The van der Waals surface area contributed by atoms with E-state index in [1.807, 2.05) is 12.1 Å². The molecule has 0 saturated heterocycles. The molecular formula is C24H24F2N2O. The van der Waals surface area contributed by atoms with Crippen LogP contribution in [0.1, 0.15) is 38.3 Å². The van der Waals surface area contributed by atoms with Crippen molar-refractivity contribution in [2.24, 2.45) is 0 Å². The van der Waals surface area contributed by atoms with Gasteiger partial charge in [0.25, 0.3) is 0 Å². The molecule has 1 heterocycles.